The minimum atomic E-state index is -6.45. The molecule has 1 rings (SSSR count). The SMILES string of the molecule is O=C(O)C(OC(=O)C(F)(F)C(F)(F)F)c1cccc(OC(=O)C(F)(F)C(F)(F)F)c1. The molecule has 0 saturated heterocycles. The predicted molar refractivity (Wildman–Crippen MR) is 70.5 cm³/mol. The lowest BCUT2D eigenvalue weighted by atomic mass is 10.1. The number of alkyl halides is 10. The molecule has 0 aromatic heterocycles. The molecule has 0 radical (unpaired) electrons. The Kier molecular flexibility index (Phi) is 6.64. The summed E-state index contributed by atoms with van der Waals surface area (Å²) in [6.07, 6.45) is -15.7. The maximum absolute atomic E-state index is 12.9. The summed E-state index contributed by atoms with van der Waals surface area (Å²) in [4.78, 5) is 33.1. The van der Waals surface area contributed by atoms with Crippen LogP contribution in [0.1, 0.15) is 11.7 Å². The Morgan fingerprint density at radius 3 is 1.70 bits per heavy atom. The Balaban J connectivity index is 3.17. The van der Waals surface area contributed by atoms with Gasteiger partial charge in [-0.25, -0.2) is 14.4 Å². The molecule has 16 heteroatoms. The smallest absolute Gasteiger partial charge is 0.465 e. The largest absolute Gasteiger partial charge is 0.478 e. The van der Waals surface area contributed by atoms with Crippen molar-refractivity contribution in [2.24, 2.45) is 0 Å². The third-order valence-corrected chi connectivity index (χ3v) is 3.05. The van der Waals surface area contributed by atoms with Crippen molar-refractivity contribution in [3.63, 3.8) is 0 Å². The van der Waals surface area contributed by atoms with E-state index in [0.29, 0.717) is 18.2 Å². The van der Waals surface area contributed by atoms with Gasteiger partial charge in [-0.2, -0.15) is 43.9 Å². The van der Waals surface area contributed by atoms with Gasteiger partial charge in [0.05, 0.1) is 0 Å². The van der Waals surface area contributed by atoms with Crippen molar-refractivity contribution in [3.8, 4) is 5.75 Å². The van der Waals surface area contributed by atoms with Gasteiger partial charge in [-0.1, -0.05) is 12.1 Å². The number of hydrogen-bond donors (Lipinski definition) is 1. The van der Waals surface area contributed by atoms with E-state index < -0.39 is 59.5 Å². The van der Waals surface area contributed by atoms with Gasteiger partial charge in [-0.05, 0) is 12.1 Å². The Morgan fingerprint density at radius 2 is 1.27 bits per heavy atom. The summed E-state index contributed by atoms with van der Waals surface area (Å²) in [5, 5.41) is 8.87. The molecule has 1 aromatic rings. The van der Waals surface area contributed by atoms with Gasteiger partial charge < -0.3 is 14.6 Å². The van der Waals surface area contributed by atoms with Crippen molar-refractivity contribution in [3.05, 3.63) is 29.8 Å². The van der Waals surface area contributed by atoms with Gasteiger partial charge in [0.1, 0.15) is 5.75 Å². The van der Waals surface area contributed by atoms with E-state index in [4.69, 9.17) is 5.11 Å². The molecule has 0 aliphatic carbocycles. The first-order valence-corrected chi connectivity index (χ1v) is 6.97. The zero-order valence-corrected chi connectivity index (χ0v) is 13.7. The van der Waals surface area contributed by atoms with Gasteiger partial charge in [0.15, 0.2) is 0 Å². The zero-order valence-electron chi connectivity index (χ0n) is 13.7. The van der Waals surface area contributed by atoms with Gasteiger partial charge in [0.2, 0.25) is 6.10 Å². The van der Waals surface area contributed by atoms with E-state index in [-0.39, 0.29) is 6.07 Å². The first kappa shape index (κ1) is 25.0. The molecule has 1 N–H and O–H groups in total. The van der Waals surface area contributed by atoms with Gasteiger partial charge in [0.25, 0.3) is 0 Å². The fourth-order valence-corrected chi connectivity index (χ4v) is 1.59. The van der Waals surface area contributed by atoms with Gasteiger partial charge in [-0.15, -0.1) is 0 Å². The minimum absolute atomic E-state index is 0.197. The number of benzene rings is 1. The van der Waals surface area contributed by atoms with E-state index in [1.165, 1.54) is 0 Å². The standard InChI is InChI=1S/C14H6F10O6/c15-11(16,13(19,20)21)9(27)29-6-3-1-2-5(4-6)7(8(25)26)30-10(28)12(17,18)14(22,23)24/h1-4,7H,(H,25,26). The van der Waals surface area contributed by atoms with E-state index in [1.807, 2.05) is 0 Å². The van der Waals surface area contributed by atoms with E-state index in [1.54, 1.807) is 0 Å². The molecule has 0 heterocycles. The number of ether oxygens (including phenoxy) is 2. The highest BCUT2D eigenvalue weighted by molar-refractivity contribution is 5.84. The van der Waals surface area contributed by atoms with Crippen LogP contribution in [0.15, 0.2) is 24.3 Å². The predicted octanol–water partition coefficient (Wildman–Crippen LogP) is 3.66. The molecule has 1 unspecified atom stereocenters. The summed E-state index contributed by atoms with van der Waals surface area (Å²) in [6, 6.07) is 1.97. The van der Waals surface area contributed by atoms with E-state index in [2.05, 4.69) is 9.47 Å². The maximum Gasteiger partial charge on any atom is 0.465 e. The van der Waals surface area contributed by atoms with Crippen LogP contribution in [0.4, 0.5) is 43.9 Å². The number of esters is 2. The number of carboxylic acids is 1. The topological polar surface area (TPSA) is 89.9 Å². The van der Waals surface area contributed by atoms with Crippen LogP contribution in [-0.4, -0.2) is 47.2 Å². The van der Waals surface area contributed by atoms with Crippen LogP contribution >= 0.6 is 0 Å². The van der Waals surface area contributed by atoms with E-state index >= 15 is 0 Å². The molecule has 0 fully saturated rings. The van der Waals surface area contributed by atoms with Crippen molar-refractivity contribution in [1.82, 2.24) is 0 Å². The number of rotatable bonds is 6. The zero-order chi connectivity index (χ0) is 23.7. The normalized spacial score (nSPS) is 14.1. The highest BCUT2D eigenvalue weighted by atomic mass is 19.4. The molecule has 0 bridgehead atoms. The lowest BCUT2D eigenvalue weighted by Gasteiger charge is -2.21. The van der Waals surface area contributed by atoms with Crippen LogP contribution in [0.25, 0.3) is 0 Å². The summed E-state index contributed by atoms with van der Waals surface area (Å²) in [5.41, 5.74) is -1.01. The van der Waals surface area contributed by atoms with E-state index in [9.17, 15) is 58.3 Å². The lowest BCUT2D eigenvalue weighted by Crippen LogP contribution is -2.46. The summed E-state index contributed by atoms with van der Waals surface area (Å²) >= 11 is 0. The molecule has 30 heavy (non-hydrogen) atoms. The highest BCUT2D eigenvalue weighted by Gasteiger charge is 2.66. The third-order valence-electron chi connectivity index (χ3n) is 3.05. The van der Waals surface area contributed by atoms with Gasteiger partial charge in [0, 0.05) is 5.56 Å². The summed E-state index contributed by atoms with van der Waals surface area (Å²) in [5.74, 6) is -22.1. The lowest BCUT2D eigenvalue weighted by molar-refractivity contribution is -0.282. The fraction of sp³-hybridized carbons (Fsp3) is 0.357. The summed E-state index contributed by atoms with van der Waals surface area (Å²) < 4.78 is 132. The number of aliphatic carboxylic acids is 1. The molecule has 0 spiro atoms. The molecule has 0 aliphatic heterocycles. The first-order chi connectivity index (χ1) is 13.3. The van der Waals surface area contributed by atoms with Crippen molar-refractivity contribution in [2.45, 2.75) is 30.3 Å². The molecule has 6 nitrogen and oxygen atoms in total. The molecule has 1 atom stereocenters. The molecular weight excluding hydrogens is 454 g/mol. The van der Waals surface area contributed by atoms with Gasteiger partial charge in [-0.3, -0.25) is 0 Å². The maximum atomic E-state index is 12.9. The summed E-state index contributed by atoms with van der Waals surface area (Å²) in [6.45, 7) is 0. The van der Waals surface area contributed by atoms with Crippen LogP contribution in [0.2, 0.25) is 0 Å². The Morgan fingerprint density at radius 1 is 0.800 bits per heavy atom. The first-order valence-electron chi connectivity index (χ1n) is 6.97. The molecule has 0 aliphatic rings. The Labute approximate surface area is 158 Å². The number of carbonyl (C=O) groups excluding carboxylic acids is 2. The fourth-order valence-electron chi connectivity index (χ4n) is 1.59. The molecule has 0 saturated carbocycles. The molecular formula is C14H6F10O6. The number of carboxylic acid groups (broad SMARTS) is 1. The van der Waals surface area contributed by atoms with E-state index in [0.717, 1.165) is 0 Å². The second-order valence-electron chi connectivity index (χ2n) is 5.23. The summed E-state index contributed by atoms with van der Waals surface area (Å²) in [7, 11) is 0. The van der Waals surface area contributed by atoms with Crippen molar-refractivity contribution in [2.75, 3.05) is 0 Å². The van der Waals surface area contributed by atoms with Crippen LogP contribution in [0.3, 0.4) is 0 Å². The van der Waals surface area contributed by atoms with Crippen LogP contribution in [-0.2, 0) is 19.1 Å². The van der Waals surface area contributed by atoms with Crippen LogP contribution < -0.4 is 4.74 Å². The second kappa shape index (κ2) is 7.98. The minimum Gasteiger partial charge on any atom is -0.478 e. The van der Waals surface area contributed by atoms with Crippen LogP contribution in [0.5, 0.6) is 5.75 Å². The van der Waals surface area contributed by atoms with Crippen LogP contribution in [0, 0.1) is 0 Å². The molecule has 168 valence electrons. The number of carbonyl (C=O) groups is 3. The van der Waals surface area contributed by atoms with Crippen molar-refractivity contribution in [1.29, 1.82) is 0 Å². The Hall–Kier alpha value is -3.07. The highest BCUT2D eigenvalue weighted by Crippen LogP contribution is 2.39. The number of halogens is 10. The average molecular weight is 460 g/mol. The number of hydrogen-bond acceptors (Lipinski definition) is 5. The van der Waals surface area contributed by atoms with Crippen molar-refractivity contribution >= 4 is 17.9 Å². The van der Waals surface area contributed by atoms with Gasteiger partial charge >= 0.3 is 42.1 Å². The monoisotopic (exact) mass is 460 g/mol. The third kappa shape index (κ3) is 5.10. The Bertz CT molecular complexity index is 829. The quantitative estimate of drug-likeness (QED) is 0.396. The molecule has 0 amide bonds. The van der Waals surface area contributed by atoms with Crippen molar-refractivity contribution < 1.29 is 72.9 Å². The average Bonchev–Trinajstić information content (AvgIpc) is 2.57. The second-order valence-corrected chi connectivity index (χ2v) is 5.23. The molecule has 1 aromatic carbocycles.